The molecule has 0 spiro atoms. The van der Waals surface area contributed by atoms with Crippen molar-refractivity contribution in [1.29, 1.82) is 0 Å². The normalized spacial score (nSPS) is 15.1. The zero-order valence-corrected chi connectivity index (χ0v) is 19.8. The average molecular weight is 470 g/mol. The van der Waals surface area contributed by atoms with E-state index < -0.39 is 0 Å². The molecule has 168 valence electrons. The molecule has 6 nitrogen and oxygen atoms in total. The fourth-order valence-corrected chi connectivity index (χ4v) is 4.82. The van der Waals surface area contributed by atoms with E-state index in [2.05, 4.69) is 49.2 Å². The topological polar surface area (TPSA) is 63.1 Å². The first kappa shape index (κ1) is 22.8. The predicted molar refractivity (Wildman–Crippen MR) is 129 cm³/mol. The molecule has 4 rings (SSSR count). The van der Waals surface area contributed by atoms with Crippen molar-refractivity contribution in [2.24, 2.45) is 0 Å². The number of benzene rings is 2. The molecule has 0 bridgehead atoms. The monoisotopic (exact) mass is 469 g/mol. The lowest BCUT2D eigenvalue weighted by Crippen LogP contribution is -2.44. The van der Waals surface area contributed by atoms with E-state index in [1.165, 1.54) is 22.9 Å². The van der Waals surface area contributed by atoms with E-state index >= 15 is 0 Å². The molecule has 1 aromatic heterocycles. The number of amides is 1. The minimum atomic E-state index is 0.0538. The maximum atomic E-state index is 12.5. The molecule has 0 atom stereocenters. The molecule has 0 radical (unpaired) electrons. The van der Waals surface area contributed by atoms with Gasteiger partial charge in [-0.15, -0.1) is 10.2 Å². The van der Waals surface area contributed by atoms with Gasteiger partial charge in [0.15, 0.2) is 5.16 Å². The molecule has 32 heavy (non-hydrogen) atoms. The quantitative estimate of drug-likeness (QED) is 0.502. The van der Waals surface area contributed by atoms with Crippen LogP contribution in [0, 0.1) is 6.92 Å². The molecule has 3 aromatic rings. The van der Waals surface area contributed by atoms with E-state index in [1.807, 2.05) is 37.3 Å². The number of carbonyl (C=O) groups is 1. The molecule has 1 amide bonds. The van der Waals surface area contributed by atoms with E-state index in [1.54, 1.807) is 0 Å². The third-order valence-corrected chi connectivity index (χ3v) is 6.91. The summed E-state index contributed by atoms with van der Waals surface area (Å²) in [4.78, 5) is 15.0. The summed E-state index contributed by atoms with van der Waals surface area (Å²) in [6.07, 6.45) is 1.93. The Balaban J connectivity index is 1.22. The first-order valence-electron chi connectivity index (χ1n) is 10.9. The van der Waals surface area contributed by atoms with Crippen LogP contribution in [-0.2, 0) is 17.9 Å². The zero-order valence-electron chi connectivity index (χ0n) is 18.2. The fraction of sp³-hybridized carbons (Fsp3) is 0.375. The Morgan fingerprint density at radius 3 is 2.44 bits per heavy atom. The third-order valence-electron chi connectivity index (χ3n) is 5.69. The van der Waals surface area contributed by atoms with Gasteiger partial charge >= 0.3 is 0 Å². The van der Waals surface area contributed by atoms with Crippen LogP contribution >= 0.6 is 23.4 Å². The summed E-state index contributed by atoms with van der Waals surface area (Å²) in [6, 6.07) is 18.5. The second-order valence-corrected chi connectivity index (χ2v) is 9.51. The number of hydrogen-bond acceptors (Lipinski definition) is 5. The average Bonchev–Trinajstić information content (AvgIpc) is 3.15. The van der Waals surface area contributed by atoms with Crippen LogP contribution in [0.25, 0.3) is 0 Å². The van der Waals surface area contributed by atoms with Gasteiger partial charge in [0, 0.05) is 30.7 Å². The molecule has 2 heterocycles. The second kappa shape index (κ2) is 11.0. The number of aryl methyl sites for hydroxylation is 1. The van der Waals surface area contributed by atoms with Gasteiger partial charge in [0.2, 0.25) is 5.91 Å². The molecule has 8 heteroatoms. The summed E-state index contributed by atoms with van der Waals surface area (Å²) in [7, 11) is 0. The number of hydrogen-bond donors (Lipinski definition) is 1. The van der Waals surface area contributed by atoms with E-state index in [0.29, 0.717) is 12.3 Å². The number of rotatable bonds is 8. The minimum absolute atomic E-state index is 0.0538. The highest BCUT2D eigenvalue weighted by atomic mass is 35.5. The fourth-order valence-electron chi connectivity index (χ4n) is 3.90. The first-order chi connectivity index (χ1) is 15.6. The smallest absolute Gasteiger partial charge is 0.230 e. The van der Waals surface area contributed by atoms with Crippen LogP contribution in [-0.4, -0.2) is 50.5 Å². The standard InChI is InChI=1S/C24H28ClN5OS/c1-18-27-28-24(30(18)16-19-5-3-2-4-6-19)32-17-23(31)26-22-11-13-29(14-12-22)15-20-7-9-21(25)10-8-20/h2-10,22H,11-17H2,1H3,(H,26,31). The van der Waals surface area contributed by atoms with Crippen molar-refractivity contribution in [3.63, 3.8) is 0 Å². The van der Waals surface area contributed by atoms with Gasteiger partial charge in [0.25, 0.3) is 0 Å². The van der Waals surface area contributed by atoms with Crippen molar-refractivity contribution in [2.75, 3.05) is 18.8 Å². The summed E-state index contributed by atoms with van der Waals surface area (Å²) < 4.78 is 2.06. The van der Waals surface area contributed by atoms with Gasteiger partial charge in [-0.2, -0.15) is 0 Å². The van der Waals surface area contributed by atoms with Gasteiger partial charge in [-0.1, -0.05) is 65.8 Å². The summed E-state index contributed by atoms with van der Waals surface area (Å²) in [5.74, 6) is 1.25. The minimum Gasteiger partial charge on any atom is -0.353 e. The molecule has 0 aliphatic carbocycles. The maximum Gasteiger partial charge on any atom is 0.230 e. The molecule has 1 saturated heterocycles. The highest BCUT2D eigenvalue weighted by Crippen LogP contribution is 2.19. The molecular formula is C24H28ClN5OS. The van der Waals surface area contributed by atoms with Crippen molar-refractivity contribution in [3.05, 3.63) is 76.6 Å². The largest absolute Gasteiger partial charge is 0.353 e. The molecule has 1 fully saturated rings. The van der Waals surface area contributed by atoms with Crippen LogP contribution in [0.3, 0.4) is 0 Å². The van der Waals surface area contributed by atoms with Gasteiger partial charge in [-0.25, -0.2) is 0 Å². The second-order valence-electron chi connectivity index (χ2n) is 8.13. The van der Waals surface area contributed by atoms with E-state index in [4.69, 9.17) is 11.6 Å². The molecule has 1 N–H and O–H groups in total. The molecule has 2 aromatic carbocycles. The lowest BCUT2D eigenvalue weighted by molar-refractivity contribution is -0.119. The van der Waals surface area contributed by atoms with E-state index in [9.17, 15) is 4.79 Å². The first-order valence-corrected chi connectivity index (χ1v) is 12.3. The number of carbonyl (C=O) groups excluding carboxylic acids is 1. The number of nitrogens with one attached hydrogen (secondary N) is 1. The van der Waals surface area contributed by atoms with Crippen LogP contribution in [0.4, 0.5) is 0 Å². The Bertz CT molecular complexity index is 1020. The van der Waals surface area contributed by atoms with Crippen molar-refractivity contribution >= 4 is 29.3 Å². The Kier molecular flexibility index (Phi) is 7.84. The lowest BCUT2D eigenvalue weighted by Gasteiger charge is -2.32. The van der Waals surface area contributed by atoms with Gasteiger partial charge in [0.1, 0.15) is 5.82 Å². The van der Waals surface area contributed by atoms with Crippen LogP contribution in [0.15, 0.2) is 59.8 Å². The van der Waals surface area contributed by atoms with Crippen molar-refractivity contribution in [1.82, 2.24) is 25.0 Å². The summed E-state index contributed by atoms with van der Waals surface area (Å²) in [6.45, 7) is 5.52. The van der Waals surface area contributed by atoms with Crippen LogP contribution < -0.4 is 5.32 Å². The number of nitrogens with zero attached hydrogens (tertiary/aromatic N) is 4. The Morgan fingerprint density at radius 1 is 1.03 bits per heavy atom. The van der Waals surface area contributed by atoms with E-state index in [-0.39, 0.29) is 11.9 Å². The van der Waals surface area contributed by atoms with Crippen LogP contribution in [0.1, 0.15) is 29.8 Å². The Hall–Kier alpha value is -2.35. The molecular weight excluding hydrogens is 442 g/mol. The predicted octanol–water partition coefficient (Wildman–Crippen LogP) is 4.16. The van der Waals surface area contributed by atoms with Crippen LogP contribution in [0.2, 0.25) is 5.02 Å². The van der Waals surface area contributed by atoms with Gasteiger partial charge in [0.05, 0.1) is 12.3 Å². The van der Waals surface area contributed by atoms with Crippen molar-refractivity contribution in [3.8, 4) is 0 Å². The zero-order chi connectivity index (χ0) is 22.3. The lowest BCUT2D eigenvalue weighted by atomic mass is 10.0. The van der Waals surface area contributed by atoms with Crippen LogP contribution in [0.5, 0.6) is 0 Å². The number of thioether (sulfide) groups is 1. The number of piperidine rings is 1. The van der Waals surface area contributed by atoms with Crippen molar-refractivity contribution < 1.29 is 4.79 Å². The maximum absolute atomic E-state index is 12.5. The molecule has 1 aliphatic rings. The highest BCUT2D eigenvalue weighted by molar-refractivity contribution is 7.99. The Morgan fingerprint density at radius 2 is 1.72 bits per heavy atom. The van der Waals surface area contributed by atoms with E-state index in [0.717, 1.165) is 48.5 Å². The number of likely N-dealkylation sites (tertiary alicyclic amines) is 1. The summed E-state index contributed by atoms with van der Waals surface area (Å²) in [5, 5.41) is 13.2. The number of halogens is 1. The summed E-state index contributed by atoms with van der Waals surface area (Å²) in [5.41, 5.74) is 2.45. The van der Waals surface area contributed by atoms with Gasteiger partial charge in [-0.3, -0.25) is 9.69 Å². The third kappa shape index (κ3) is 6.34. The molecule has 0 saturated carbocycles. The summed E-state index contributed by atoms with van der Waals surface area (Å²) >= 11 is 7.41. The van der Waals surface area contributed by atoms with Gasteiger partial charge < -0.3 is 9.88 Å². The molecule has 0 unspecified atom stereocenters. The van der Waals surface area contributed by atoms with Gasteiger partial charge in [-0.05, 0) is 43.0 Å². The molecule has 1 aliphatic heterocycles. The highest BCUT2D eigenvalue weighted by Gasteiger charge is 2.21. The number of aromatic nitrogens is 3. The van der Waals surface area contributed by atoms with Crippen molar-refractivity contribution in [2.45, 2.75) is 44.1 Å². The SMILES string of the molecule is Cc1nnc(SCC(=O)NC2CCN(Cc3ccc(Cl)cc3)CC2)n1Cc1ccccc1. The Labute approximate surface area is 198 Å².